The third kappa shape index (κ3) is 2.09. The fraction of sp³-hybridized carbons (Fsp3) is 0.462. The Morgan fingerprint density at radius 3 is 2.88 bits per heavy atom. The van der Waals surface area contributed by atoms with Crippen LogP contribution in [0.3, 0.4) is 0 Å². The van der Waals surface area contributed by atoms with Crippen LogP contribution in [0.1, 0.15) is 29.0 Å². The molecule has 1 aromatic carbocycles. The number of rotatable bonds is 4. The molecular weight excluding hydrogens is 204 g/mol. The summed E-state index contributed by atoms with van der Waals surface area (Å²) in [6.45, 7) is 0.230. The number of hydrogen-bond donors (Lipinski definition) is 1. The third-order valence-corrected chi connectivity index (χ3v) is 3.16. The number of methoxy groups -OCH3 is 1. The molecule has 86 valence electrons. The van der Waals surface area contributed by atoms with Crippen molar-refractivity contribution in [1.82, 2.24) is 0 Å². The van der Waals surface area contributed by atoms with Gasteiger partial charge in [-0.1, -0.05) is 18.2 Å². The molecule has 1 atom stereocenters. The van der Waals surface area contributed by atoms with E-state index >= 15 is 0 Å². The molecule has 0 saturated carbocycles. The largest absolute Gasteiger partial charge is 0.481 e. The van der Waals surface area contributed by atoms with Gasteiger partial charge in [0.05, 0.1) is 6.61 Å². The first-order chi connectivity index (χ1) is 7.72. The van der Waals surface area contributed by atoms with Crippen molar-refractivity contribution in [2.45, 2.75) is 25.2 Å². The van der Waals surface area contributed by atoms with Gasteiger partial charge in [0.15, 0.2) is 0 Å². The molecule has 1 aromatic rings. The average Bonchev–Trinajstić information content (AvgIpc) is 2.72. The molecule has 2 rings (SSSR count). The van der Waals surface area contributed by atoms with E-state index in [1.54, 1.807) is 0 Å². The molecule has 0 spiro atoms. The van der Waals surface area contributed by atoms with Gasteiger partial charge in [0.25, 0.3) is 0 Å². The molecule has 3 nitrogen and oxygen atoms in total. The molecular formula is C13H16O3. The molecule has 1 aliphatic carbocycles. The highest BCUT2D eigenvalue weighted by Crippen LogP contribution is 2.26. The maximum atomic E-state index is 11.1. The van der Waals surface area contributed by atoms with Crippen molar-refractivity contribution in [1.29, 1.82) is 0 Å². The highest BCUT2D eigenvalue weighted by atomic mass is 16.5. The molecule has 3 heteroatoms. The van der Waals surface area contributed by atoms with Crippen molar-refractivity contribution in [3.05, 3.63) is 34.9 Å². The summed E-state index contributed by atoms with van der Waals surface area (Å²) in [5.41, 5.74) is 3.53. The van der Waals surface area contributed by atoms with E-state index < -0.39 is 11.9 Å². The predicted molar refractivity (Wildman–Crippen MR) is 60.7 cm³/mol. The standard InChI is InChI=1S/C13H16O3/c1-16-8-12(13(14)15)11-6-5-9-3-2-4-10(9)7-11/h5-7,12H,2-4,8H2,1H3,(H,14,15). The van der Waals surface area contributed by atoms with Crippen LogP contribution < -0.4 is 0 Å². The molecule has 0 aromatic heterocycles. The van der Waals surface area contributed by atoms with E-state index in [0.717, 1.165) is 18.4 Å². The number of carbonyl (C=O) groups is 1. The Labute approximate surface area is 95.0 Å². The van der Waals surface area contributed by atoms with Crippen molar-refractivity contribution in [2.75, 3.05) is 13.7 Å². The van der Waals surface area contributed by atoms with Gasteiger partial charge in [-0.05, 0) is 36.0 Å². The lowest BCUT2D eigenvalue weighted by Gasteiger charge is -2.13. The van der Waals surface area contributed by atoms with E-state index in [4.69, 9.17) is 9.84 Å². The maximum absolute atomic E-state index is 11.1. The van der Waals surface area contributed by atoms with Crippen LogP contribution in [0.4, 0.5) is 0 Å². The zero-order valence-electron chi connectivity index (χ0n) is 9.40. The Kier molecular flexibility index (Phi) is 3.25. The number of aliphatic carboxylic acids is 1. The van der Waals surface area contributed by atoms with Crippen molar-refractivity contribution in [3.8, 4) is 0 Å². The van der Waals surface area contributed by atoms with Gasteiger partial charge in [0.2, 0.25) is 0 Å². The molecule has 0 fully saturated rings. The first-order valence-electron chi connectivity index (χ1n) is 5.56. The first kappa shape index (κ1) is 11.1. The fourth-order valence-electron chi connectivity index (χ4n) is 2.29. The number of carboxylic acids is 1. The number of benzene rings is 1. The van der Waals surface area contributed by atoms with Crippen LogP contribution in [0.25, 0.3) is 0 Å². The van der Waals surface area contributed by atoms with Crippen LogP contribution in [0.5, 0.6) is 0 Å². The van der Waals surface area contributed by atoms with E-state index in [1.165, 1.54) is 24.7 Å². The second kappa shape index (κ2) is 4.66. The van der Waals surface area contributed by atoms with Crippen LogP contribution in [0.2, 0.25) is 0 Å². The number of carboxylic acid groups (broad SMARTS) is 1. The van der Waals surface area contributed by atoms with Gasteiger partial charge >= 0.3 is 5.97 Å². The molecule has 0 amide bonds. The molecule has 0 bridgehead atoms. The Morgan fingerprint density at radius 2 is 2.19 bits per heavy atom. The Morgan fingerprint density at radius 1 is 1.44 bits per heavy atom. The zero-order valence-corrected chi connectivity index (χ0v) is 9.40. The van der Waals surface area contributed by atoms with Gasteiger partial charge in [-0.25, -0.2) is 0 Å². The number of hydrogen-bond acceptors (Lipinski definition) is 2. The number of fused-ring (bicyclic) bond motifs is 1. The van der Waals surface area contributed by atoms with Gasteiger partial charge in [-0.3, -0.25) is 4.79 Å². The molecule has 1 unspecified atom stereocenters. The van der Waals surface area contributed by atoms with Crippen LogP contribution >= 0.6 is 0 Å². The highest BCUT2D eigenvalue weighted by Gasteiger charge is 2.21. The quantitative estimate of drug-likeness (QED) is 0.844. The third-order valence-electron chi connectivity index (χ3n) is 3.16. The Hall–Kier alpha value is -1.35. The molecule has 1 N–H and O–H groups in total. The SMILES string of the molecule is COCC(C(=O)O)c1ccc2c(c1)CCC2. The summed E-state index contributed by atoms with van der Waals surface area (Å²) in [6, 6.07) is 6.01. The zero-order chi connectivity index (χ0) is 11.5. The lowest BCUT2D eigenvalue weighted by atomic mass is 9.96. The number of aryl methyl sites for hydroxylation is 2. The summed E-state index contributed by atoms with van der Waals surface area (Å²) in [4.78, 5) is 11.1. The molecule has 0 heterocycles. The van der Waals surface area contributed by atoms with Crippen molar-refractivity contribution < 1.29 is 14.6 Å². The van der Waals surface area contributed by atoms with Crippen molar-refractivity contribution in [3.63, 3.8) is 0 Å². The maximum Gasteiger partial charge on any atom is 0.313 e. The summed E-state index contributed by atoms with van der Waals surface area (Å²) in [6.07, 6.45) is 3.38. The summed E-state index contributed by atoms with van der Waals surface area (Å²) >= 11 is 0. The van der Waals surface area contributed by atoms with Crippen LogP contribution in [0, 0.1) is 0 Å². The lowest BCUT2D eigenvalue weighted by Crippen LogP contribution is -2.17. The lowest BCUT2D eigenvalue weighted by molar-refractivity contribution is -0.140. The first-order valence-corrected chi connectivity index (χ1v) is 5.56. The molecule has 0 radical (unpaired) electrons. The van der Waals surface area contributed by atoms with Gasteiger partial charge < -0.3 is 9.84 Å². The topological polar surface area (TPSA) is 46.5 Å². The fourth-order valence-corrected chi connectivity index (χ4v) is 2.29. The summed E-state index contributed by atoms with van der Waals surface area (Å²) < 4.78 is 4.96. The minimum atomic E-state index is -0.820. The molecule has 0 aliphatic heterocycles. The van der Waals surface area contributed by atoms with Crippen LogP contribution in [-0.4, -0.2) is 24.8 Å². The Balaban J connectivity index is 2.28. The van der Waals surface area contributed by atoms with E-state index in [-0.39, 0.29) is 6.61 Å². The molecule has 0 saturated heterocycles. The summed E-state index contributed by atoms with van der Waals surface area (Å²) in [5.74, 6) is -1.37. The molecule has 1 aliphatic rings. The Bertz CT molecular complexity index is 398. The van der Waals surface area contributed by atoms with E-state index in [0.29, 0.717) is 0 Å². The van der Waals surface area contributed by atoms with Crippen molar-refractivity contribution in [2.24, 2.45) is 0 Å². The highest BCUT2D eigenvalue weighted by molar-refractivity contribution is 5.76. The van der Waals surface area contributed by atoms with E-state index in [1.807, 2.05) is 12.1 Å². The minimum Gasteiger partial charge on any atom is -0.481 e. The van der Waals surface area contributed by atoms with Gasteiger partial charge in [-0.15, -0.1) is 0 Å². The van der Waals surface area contributed by atoms with Crippen LogP contribution in [0.15, 0.2) is 18.2 Å². The monoisotopic (exact) mass is 220 g/mol. The van der Waals surface area contributed by atoms with Gasteiger partial charge in [0.1, 0.15) is 5.92 Å². The van der Waals surface area contributed by atoms with Gasteiger partial charge in [-0.2, -0.15) is 0 Å². The second-order valence-electron chi connectivity index (χ2n) is 4.23. The minimum absolute atomic E-state index is 0.230. The summed E-state index contributed by atoms with van der Waals surface area (Å²) in [5, 5.41) is 9.13. The van der Waals surface area contributed by atoms with Gasteiger partial charge in [0, 0.05) is 7.11 Å². The summed E-state index contributed by atoms with van der Waals surface area (Å²) in [7, 11) is 1.53. The van der Waals surface area contributed by atoms with E-state index in [2.05, 4.69) is 6.07 Å². The van der Waals surface area contributed by atoms with E-state index in [9.17, 15) is 4.79 Å². The second-order valence-corrected chi connectivity index (χ2v) is 4.23. The predicted octanol–water partition coefficient (Wildman–Crippen LogP) is 1.99. The van der Waals surface area contributed by atoms with Crippen molar-refractivity contribution >= 4 is 5.97 Å². The average molecular weight is 220 g/mol. The normalized spacial score (nSPS) is 15.8. The van der Waals surface area contributed by atoms with Crippen LogP contribution in [-0.2, 0) is 22.4 Å². The number of ether oxygens (including phenoxy) is 1. The smallest absolute Gasteiger partial charge is 0.313 e. The molecule has 16 heavy (non-hydrogen) atoms.